The highest BCUT2D eigenvalue weighted by Gasteiger charge is 2.16. The van der Waals surface area contributed by atoms with Gasteiger partial charge in [0.1, 0.15) is 23.0 Å². The van der Waals surface area contributed by atoms with Crippen LogP contribution in [0.25, 0.3) is 22.3 Å². The van der Waals surface area contributed by atoms with E-state index in [9.17, 15) is 4.39 Å². The summed E-state index contributed by atoms with van der Waals surface area (Å²) < 4.78 is 14.3. The van der Waals surface area contributed by atoms with Crippen molar-refractivity contribution in [3.8, 4) is 11.3 Å². The minimum atomic E-state index is -0.374. The third-order valence-corrected chi connectivity index (χ3v) is 5.51. The molecule has 0 radical (unpaired) electrons. The number of H-pyrrole nitrogens is 1. The molecule has 0 aliphatic heterocycles. The Bertz CT molecular complexity index is 1310. The molecule has 5 aromatic rings. The predicted octanol–water partition coefficient (Wildman–Crippen LogP) is 4.95. The maximum absolute atomic E-state index is 14.3. The van der Waals surface area contributed by atoms with Crippen LogP contribution in [0, 0.1) is 5.82 Å². The smallest absolute Gasteiger partial charge is 0.129 e. The second-order valence-electron chi connectivity index (χ2n) is 7.40. The maximum atomic E-state index is 14.3. The number of rotatable bonds is 7. The van der Waals surface area contributed by atoms with Crippen LogP contribution in [0.3, 0.4) is 0 Å². The van der Waals surface area contributed by atoms with Crippen LogP contribution < -0.4 is 5.32 Å². The molecule has 0 atom stereocenters. The van der Waals surface area contributed by atoms with Gasteiger partial charge in [0.15, 0.2) is 0 Å². The molecule has 2 N–H and O–H groups in total. The summed E-state index contributed by atoms with van der Waals surface area (Å²) in [5.41, 5.74) is 4.75. The van der Waals surface area contributed by atoms with Crippen LogP contribution >= 0.6 is 11.6 Å². The zero-order valence-corrected chi connectivity index (χ0v) is 17.9. The zero-order chi connectivity index (χ0) is 21.9. The number of benzene rings is 3. The Balaban J connectivity index is 1.38. The zero-order valence-electron chi connectivity index (χ0n) is 17.1. The number of aromatic amines is 1. The van der Waals surface area contributed by atoms with Crippen molar-refractivity contribution >= 4 is 22.6 Å². The topological polar surface area (TPSA) is 71.4 Å². The average molecular weight is 447 g/mol. The molecule has 6 nitrogen and oxygen atoms in total. The van der Waals surface area contributed by atoms with Gasteiger partial charge >= 0.3 is 0 Å². The van der Waals surface area contributed by atoms with E-state index in [0.29, 0.717) is 23.7 Å². The molecule has 160 valence electrons. The number of hydrogen-bond donors (Lipinski definition) is 2. The van der Waals surface area contributed by atoms with Gasteiger partial charge in [-0.15, -0.1) is 0 Å². The van der Waals surface area contributed by atoms with E-state index in [-0.39, 0.29) is 12.4 Å². The first-order valence-corrected chi connectivity index (χ1v) is 10.6. The molecule has 0 spiro atoms. The molecule has 0 unspecified atom stereocenters. The molecule has 32 heavy (non-hydrogen) atoms. The van der Waals surface area contributed by atoms with Crippen LogP contribution in [0.4, 0.5) is 4.39 Å². The summed E-state index contributed by atoms with van der Waals surface area (Å²) in [6, 6.07) is 22.4. The first-order valence-electron chi connectivity index (χ1n) is 10.2. The molecular formula is C24H20ClFN6. The molecule has 0 fully saturated rings. The fraction of sp³-hybridized carbons (Fsp3) is 0.125. The lowest BCUT2D eigenvalue weighted by molar-refractivity contribution is 0.542. The summed E-state index contributed by atoms with van der Waals surface area (Å²) >= 11 is 6.20. The highest BCUT2D eigenvalue weighted by Crippen LogP contribution is 2.23. The van der Waals surface area contributed by atoms with Crippen molar-refractivity contribution in [1.82, 2.24) is 30.3 Å². The molecule has 0 amide bonds. The molecule has 3 aromatic carbocycles. The number of para-hydroxylation sites is 2. The van der Waals surface area contributed by atoms with Crippen molar-refractivity contribution in [3.05, 3.63) is 101 Å². The minimum Gasteiger partial charge on any atom is -0.341 e. The van der Waals surface area contributed by atoms with Crippen LogP contribution in [0.1, 0.15) is 17.1 Å². The maximum Gasteiger partial charge on any atom is 0.129 e. The standard InChI is InChI=1S/C24H20ClFN6/c25-18-9-6-10-19(26)17(18)15-32-30-22(24(31-32)16-7-2-1-3-8-16)13-27-14-23-28-20-11-4-5-12-21(20)29-23/h1-12,27H,13-15H2,(H,28,29). The second kappa shape index (κ2) is 8.90. The number of nitrogens with one attached hydrogen (secondary N) is 2. The molecule has 0 bridgehead atoms. The number of aromatic nitrogens is 5. The van der Waals surface area contributed by atoms with Crippen LogP contribution in [-0.2, 0) is 19.6 Å². The average Bonchev–Trinajstić information content (AvgIpc) is 3.40. The lowest BCUT2D eigenvalue weighted by Gasteiger charge is -2.04. The fourth-order valence-electron chi connectivity index (χ4n) is 3.61. The Morgan fingerprint density at radius 1 is 0.906 bits per heavy atom. The van der Waals surface area contributed by atoms with Crippen molar-refractivity contribution in [2.24, 2.45) is 0 Å². The normalized spacial score (nSPS) is 11.3. The first-order chi connectivity index (χ1) is 15.7. The van der Waals surface area contributed by atoms with E-state index in [2.05, 4.69) is 25.5 Å². The Kier molecular flexibility index (Phi) is 5.66. The van der Waals surface area contributed by atoms with Gasteiger partial charge in [-0.3, -0.25) is 0 Å². The number of imidazole rings is 1. The SMILES string of the molecule is Fc1cccc(Cl)c1Cn1nc(CNCc2nc3ccccc3[nH]2)c(-c2ccccc2)n1. The van der Waals surface area contributed by atoms with E-state index < -0.39 is 0 Å². The monoisotopic (exact) mass is 446 g/mol. The van der Waals surface area contributed by atoms with Crippen molar-refractivity contribution < 1.29 is 4.39 Å². The van der Waals surface area contributed by atoms with E-state index in [1.165, 1.54) is 10.9 Å². The molecule has 0 aliphatic carbocycles. The van der Waals surface area contributed by atoms with Gasteiger partial charge in [0.2, 0.25) is 0 Å². The molecule has 2 heterocycles. The van der Waals surface area contributed by atoms with Crippen LogP contribution in [0.5, 0.6) is 0 Å². The van der Waals surface area contributed by atoms with Crippen molar-refractivity contribution in [1.29, 1.82) is 0 Å². The molecule has 0 aliphatic rings. The van der Waals surface area contributed by atoms with Crippen LogP contribution in [-0.4, -0.2) is 25.0 Å². The molecular weight excluding hydrogens is 427 g/mol. The summed E-state index contributed by atoms with van der Waals surface area (Å²) in [6.45, 7) is 1.18. The minimum absolute atomic E-state index is 0.148. The van der Waals surface area contributed by atoms with E-state index in [4.69, 9.17) is 11.6 Å². The van der Waals surface area contributed by atoms with Gasteiger partial charge in [-0.2, -0.15) is 15.0 Å². The highest BCUT2D eigenvalue weighted by molar-refractivity contribution is 6.31. The lowest BCUT2D eigenvalue weighted by Crippen LogP contribution is -2.15. The molecule has 8 heteroatoms. The summed E-state index contributed by atoms with van der Waals surface area (Å²) in [4.78, 5) is 9.39. The Morgan fingerprint density at radius 3 is 2.53 bits per heavy atom. The van der Waals surface area contributed by atoms with Gasteiger partial charge in [0.25, 0.3) is 0 Å². The fourth-order valence-corrected chi connectivity index (χ4v) is 3.83. The van der Waals surface area contributed by atoms with E-state index in [1.807, 2.05) is 54.6 Å². The van der Waals surface area contributed by atoms with E-state index >= 15 is 0 Å². The Morgan fingerprint density at radius 2 is 1.72 bits per heavy atom. The van der Waals surface area contributed by atoms with Gasteiger partial charge in [0.05, 0.1) is 24.1 Å². The van der Waals surface area contributed by atoms with Gasteiger partial charge in [-0.05, 0) is 24.3 Å². The number of fused-ring (bicyclic) bond motifs is 1. The first kappa shape index (κ1) is 20.4. The van der Waals surface area contributed by atoms with Gasteiger partial charge < -0.3 is 10.3 Å². The van der Waals surface area contributed by atoms with Gasteiger partial charge in [-0.25, -0.2) is 9.37 Å². The predicted molar refractivity (Wildman–Crippen MR) is 123 cm³/mol. The summed E-state index contributed by atoms with van der Waals surface area (Å²) in [5, 5.41) is 13.0. The third kappa shape index (κ3) is 4.26. The highest BCUT2D eigenvalue weighted by atomic mass is 35.5. The molecule has 0 saturated heterocycles. The number of nitrogens with zero attached hydrogens (tertiary/aromatic N) is 4. The summed E-state index contributed by atoms with van der Waals surface area (Å²) in [7, 11) is 0. The molecule has 2 aromatic heterocycles. The number of hydrogen-bond acceptors (Lipinski definition) is 4. The third-order valence-electron chi connectivity index (χ3n) is 5.16. The van der Waals surface area contributed by atoms with Crippen LogP contribution in [0.2, 0.25) is 5.02 Å². The Hall–Kier alpha value is -3.55. The largest absolute Gasteiger partial charge is 0.341 e. The Labute approximate surface area is 189 Å². The lowest BCUT2D eigenvalue weighted by atomic mass is 10.1. The van der Waals surface area contributed by atoms with Gasteiger partial charge in [0, 0.05) is 22.7 Å². The second-order valence-corrected chi connectivity index (χ2v) is 7.80. The van der Waals surface area contributed by atoms with Crippen molar-refractivity contribution in [2.75, 3.05) is 0 Å². The molecule has 0 saturated carbocycles. The van der Waals surface area contributed by atoms with E-state index in [1.54, 1.807) is 12.1 Å². The summed E-state index contributed by atoms with van der Waals surface area (Å²) in [5.74, 6) is 0.471. The van der Waals surface area contributed by atoms with Crippen molar-refractivity contribution in [3.63, 3.8) is 0 Å². The number of halogens is 2. The van der Waals surface area contributed by atoms with Gasteiger partial charge in [-0.1, -0.05) is 60.1 Å². The van der Waals surface area contributed by atoms with Crippen molar-refractivity contribution in [2.45, 2.75) is 19.6 Å². The molecule has 5 rings (SSSR count). The van der Waals surface area contributed by atoms with Crippen LogP contribution in [0.15, 0.2) is 72.8 Å². The van der Waals surface area contributed by atoms with E-state index in [0.717, 1.165) is 33.8 Å². The summed E-state index contributed by atoms with van der Waals surface area (Å²) in [6.07, 6.45) is 0. The quantitative estimate of drug-likeness (QED) is 0.371.